The number of rotatable bonds is 2. The summed E-state index contributed by atoms with van der Waals surface area (Å²) in [4.78, 5) is 0. The maximum Gasteiger partial charge on any atom is 0.173 e. The Bertz CT molecular complexity index is 415. The van der Waals surface area contributed by atoms with Crippen molar-refractivity contribution in [1.82, 2.24) is 0 Å². The third kappa shape index (κ3) is 1.56. The van der Waals surface area contributed by atoms with Gasteiger partial charge in [-0.1, -0.05) is 5.16 Å². The van der Waals surface area contributed by atoms with Crippen molar-refractivity contribution in [3.8, 4) is 11.5 Å². The molecule has 1 aliphatic rings. The molecule has 5 nitrogen and oxygen atoms in total. The summed E-state index contributed by atoms with van der Waals surface area (Å²) >= 11 is 0. The maximum absolute atomic E-state index is 8.63. The molecule has 5 heteroatoms. The number of nitrogens with two attached hydrogens (primary N) is 1. The van der Waals surface area contributed by atoms with Crippen molar-refractivity contribution >= 4 is 5.84 Å². The fourth-order valence-electron chi connectivity index (χ4n) is 1.63. The molecule has 0 fully saturated rings. The quantitative estimate of drug-likeness (QED) is 0.325. The van der Waals surface area contributed by atoms with E-state index in [4.69, 9.17) is 20.4 Å². The minimum atomic E-state index is 0.0431. The smallest absolute Gasteiger partial charge is 0.173 e. The molecular formula is C10H12N2O3. The van der Waals surface area contributed by atoms with Crippen LogP contribution in [0.1, 0.15) is 11.1 Å². The van der Waals surface area contributed by atoms with E-state index in [1.54, 1.807) is 6.07 Å². The zero-order chi connectivity index (χ0) is 10.8. The lowest BCUT2D eigenvalue weighted by Crippen LogP contribution is -2.14. The number of oxime groups is 1. The Hall–Kier alpha value is -1.91. The SMILES string of the molecule is COc1cc2c(cc1/C(N)=N\O)CCO2. The van der Waals surface area contributed by atoms with Gasteiger partial charge >= 0.3 is 0 Å². The Morgan fingerprint density at radius 2 is 2.40 bits per heavy atom. The van der Waals surface area contributed by atoms with Gasteiger partial charge in [0.15, 0.2) is 5.84 Å². The van der Waals surface area contributed by atoms with Gasteiger partial charge in [0.1, 0.15) is 11.5 Å². The molecule has 0 radical (unpaired) electrons. The first-order valence-corrected chi connectivity index (χ1v) is 4.58. The molecule has 0 saturated heterocycles. The molecule has 2 rings (SSSR count). The number of hydrogen-bond donors (Lipinski definition) is 2. The maximum atomic E-state index is 8.63. The highest BCUT2D eigenvalue weighted by Crippen LogP contribution is 2.32. The van der Waals surface area contributed by atoms with E-state index in [1.165, 1.54) is 7.11 Å². The molecule has 0 bridgehead atoms. The van der Waals surface area contributed by atoms with Crippen molar-refractivity contribution in [3.05, 3.63) is 23.3 Å². The number of amidine groups is 1. The van der Waals surface area contributed by atoms with Crippen LogP contribution in [-0.2, 0) is 6.42 Å². The summed E-state index contributed by atoms with van der Waals surface area (Å²) in [6.07, 6.45) is 0.838. The summed E-state index contributed by atoms with van der Waals surface area (Å²) in [5.74, 6) is 1.40. The van der Waals surface area contributed by atoms with Gasteiger partial charge in [-0.15, -0.1) is 0 Å². The van der Waals surface area contributed by atoms with Crippen molar-refractivity contribution in [2.45, 2.75) is 6.42 Å². The van der Waals surface area contributed by atoms with Gasteiger partial charge in [-0.05, 0) is 11.6 Å². The Balaban J connectivity index is 2.53. The van der Waals surface area contributed by atoms with E-state index in [1.807, 2.05) is 6.07 Å². The fraction of sp³-hybridized carbons (Fsp3) is 0.300. The molecular weight excluding hydrogens is 196 g/mol. The second-order valence-corrected chi connectivity index (χ2v) is 3.24. The molecule has 0 unspecified atom stereocenters. The summed E-state index contributed by atoms with van der Waals surface area (Å²) in [6, 6.07) is 3.59. The number of ether oxygens (including phenoxy) is 2. The van der Waals surface area contributed by atoms with Gasteiger partial charge in [0, 0.05) is 12.5 Å². The molecule has 3 N–H and O–H groups in total. The van der Waals surface area contributed by atoms with Crippen molar-refractivity contribution in [1.29, 1.82) is 0 Å². The lowest BCUT2D eigenvalue weighted by atomic mass is 10.1. The van der Waals surface area contributed by atoms with Crippen LogP contribution >= 0.6 is 0 Å². The third-order valence-corrected chi connectivity index (χ3v) is 2.40. The highest BCUT2D eigenvalue weighted by molar-refractivity contribution is 6.00. The van der Waals surface area contributed by atoms with Gasteiger partial charge in [0.2, 0.25) is 0 Å². The third-order valence-electron chi connectivity index (χ3n) is 2.40. The normalized spacial score (nSPS) is 14.6. The van der Waals surface area contributed by atoms with E-state index < -0.39 is 0 Å². The molecule has 1 aliphatic heterocycles. The Labute approximate surface area is 87.1 Å². The topological polar surface area (TPSA) is 77.1 Å². The van der Waals surface area contributed by atoms with Gasteiger partial charge in [0.05, 0.1) is 19.3 Å². The second kappa shape index (κ2) is 3.68. The summed E-state index contributed by atoms with van der Waals surface area (Å²) in [7, 11) is 1.53. The minimum absolute atomic E-state index is 0.0431. The first kappa shape index (κ1) is 9.64. The lowest BCUT2D eigenvalue weighted by molar-refractivity contribution is 0.318. The monoisotopic (exact) mass is 208 g/mol. The number of methoxy groups -OCH3 is 1. The number of fused-ring (bicyclic) bond motifs is 1. The molecule has 0 aliphatic carbocycles. The standard InChI is InChI=1S/C10H12N2O3/c1-14-9-5-8-6(2-3-15-8)4-7(9)10(11)12-13/h4-5,13H,2-3H2,1H3,(H2,11,12). The van der Waals surface area contributed by atoms with Crippen LogP contribution in [0.25, 0.3) is 0 Å². The predicted octanol–water partition coefficient (Wildman–Crippen LogP) is 0.725. The van der Waals surface area contributed by atoms with E-state index in [0.29, 0.717) is 17.9 Å². The summed E-state index contributed by atoms with van der Waals surface area (Å²) in [5, 5.41) is 11.6. The highest BCUT2D eigenvalue weighted by atomic mass is 16.5. The van der Waals surface area contributed by atoms with Crippen molar-refractivity contribution in [2.75, 3.05) is 13.7 Å². The van der Waals surface area contributed by atoms with Crippen molar-refractivity contribution in [3.63, 3.8) is 0 Å². The zero-order valence-corrected chi connectivity index (χ0v) is 8.36. The molecule has 0 atom stereocenters. The van der Waals surface area contributed by atoms with Crippen LogP contribution in [0.15, 0.2) is 17.3 Å². The molecule has 15 heavy (non-hydrogen) atoms. The molecule has 0 saturated carbocycles. The molecule has 0 amide bonds. The summed E-state index contributed by atoms with van der Waals surface area (Å²) in [6.45, 7) is 0.665. The van der Waals surface area contributed by atoms with Crippen molar-refractivity contribution < 1.29 is 14.7 Å². The van der Waals surface area contributed by atoms with Gasteiger partial charge in [0.25, 0.3) is 0 Å². The minimum Gasteiger partial charge on any atom is -0.496 e. The zero-order valence-electron chi connectivity index (χ0n) is 8.36. The Morgan fingerprint density at radius 3 is 3.07 bits per heavy atom. The summed E-state index contributed by atoms with van der Waals surface area (Å²) < 4.78 is 10.5. The van der Waals surface area contributed by atoms with Gasteiger partial charge in [-0.25, -0.2) is 0 Å². The van der Waals surface area contributed by atoms with E-state index in [2.05, 4.69) is 5.16 Å². The Kier molecular flexibility index (Phi) is 2.37. The van der Waals surface area contributed by atoms with Crippen LogP contribution in [0.5, 0.6) is 11.5 Å². The van der Waals surface area contributed by atoms with E-state index in [9.17, 15) is 0 Å². The highest BCUT2D eigenvalue weighted by Gasteiger charge is 2.18. The predicted molar refractivity (Wildman–Crippen MR) is 54.7 cm³/mol. The number of hydrogen-bond acceptors (Lipinski definition) is 4. The van der Waals surface area contributed by atoms with Gasteiger partial charge < -0.3 is 20.4 Å². The van der Waals surface area contributed by atoms with Crippen molar-refractivity contribution in [2.24, 2.45) is 10.9 Å². The molecule has 1 heterocycles. The van der Waals surface area contributed by atoms with E-state index >= 15 is 0 Å². The first-order chi connectivity index (χ1) is 7.26. The average Bonchev–Trinajstić information content (AvgIpc) is 2.73. The molecule has 0 aromatic heterocycles. The first-order valence-electron chi connectivity index (χ1n) is 4.58. The molecule has 1 aromatic carbocycles. The van der Waals surface area contributed by atoms with Crippen LogP contribution in [0.2, 0.25) is 0 Å². The van der Waals surface area contributed by atoms with Crippen LogP contribution in [-0.4, -0.2) is 24.8 Å². The number of nitrogens with zero attached hydrogens (tertiary/aromatic N) is 1. The largest absolute Gasteiger partial charge is 0.496 e. The van der Waals surface area contributed by atoms with Crippen LogP contribution in [0.4, 0.5) is 0 Å². The lowest BCUT2D eigenvalue weighted by Gasteiger charge is -2.09. The van der Waals surface area contributed by atoms with Crippen LogP contribution in [0, 0.1) is 0 Å². The number of benzene rings is 1. The molecule has 1 aromatic rings. The van der Waals surface area contributed by atoms with E-state index in [-0.39, 0.29) is 5.84 Å². The van der Waals surface area contributed by atoms with Gasteiger partial charge in [-0.2, -0.15) is 0 Å². The average molecular weight is 208 g/mol. The van der Waals surface area contributed by atoms with Crippen LogP contribution in [0.3, 0.4) is 0 Å². The van der Waals surface area contributed by atoms with Gasteiger partial charge in [-0.3, -0.25) is 0 Å². The molecule has 80 valence electrons. The summed E-state index contributed by atoms with van der Waals surface area (Å²) in [5.41, 5.74) is 7.18. The van der Waals surface area contributed by atoms with Crippen LogP contribution < -0.4 is 15.2 Å². The fourth-order valence-corrected chi connectivity index (χ4v) is 1.63. The van der Waals surface area contributed by atoms with E-state index in [0.717, 1.165) is 17.7 Å². The Morgan fingerprint density at radius 1 is 1.60 bits per heavy atom. The second-order valence-electron chi connectivity index (χ2n) is 3.24. The molecule has 0 spiro atoms.